The van der Waals surface area contributed by atoms with Crippen LogP contribution in [0.5, 0.6) is 17.2 Å². The van der Waals surface area contributed by atoms with Gasteiger partial charge >= 0.3 is 0 Å². The quantitative estimate of drug-likeness (QED) is 0.505. The molecule has 0 fully saturated rings. The lowest BCUT2D eigenvalue weighted by atomic mass is 10.1. The first-order chi connectivity index (χ1) is 14.8. The molecule has 0 saturated carbocycles. The Kier molecular flexibility index (Phi) is 6.65. The molecule has 2 aromatic carbocycles. The minimum atomic E-state index is -0.890. The molecule has 7 nitrogen and oxygen atoms in total. The van der Waals surface area contributed by atoms with E-state index in [-0.39, 0.29) is 12.4 Å². The van der Waals surface area contributed by atoms with Gasteiger partial charge in [-0.05, 0) is 51.1 Å². The highest BCUT2D eigenvalue weighted by molar-refractivity contribution is 5.83. The second-order valence-electron chi connectivity index (χ2n) is 7.59. The van der Waals surface area contributed by atoms with Crippen molar-refractivity contribution >= 4 is 5.78 Å². The highest BCUT2D eigenvalue weighted by Crippen LogP contribution is 2.32. The molecule has 0 unspecified atom stereocenters. The third kappa shape index (κ3) is 5.06. The summed E-state index contributed by atoms with van der Waals surface area (Å²) in [4.78, 5) is 11.8. The van der Waals surface area contributed by atoms with E-state index in [1.165, 1.54) is 6.92 Å². The number of hydrogen-bond donors (Lipinski definition) is 0. The third-order valence-corrected chi connectivity index (χ3v) is 5.13. The fourth-order valence-corrected chi connectivity index (χ4v) is 2.96. The molecule has 0 amide bonds. The van der Waals surface area contributed by atoms with Gasteiger partial charge in [0, 0.05) is 17.7 Å². The number of carbonyl (C=O) groups excluding carboxylic acids is 1. The number of benzene rings is 2. The predicted octanol–water partition coefficient (Wildman–Crippen LogP) is 4.45. The molecule has 0 spiro atoms. The van der Waals surface area contributed by atoms with E-state index in [2.05, 4.69) is 0 Å². The summed E-state index contributed by atoms with van der Waals surface area (Å²) in [6.07, 6.45) is 0. The molecule has 0 aliphatic carbocycles. The molecule has 164 valence electrons. The standard InChI is InChI=1S/C24H28N2O5/c1-16(27)24(2,3)31-15-18-12-23(17-10-21(29-5)14-22(11-17)30-6)26(25-18)19-8-7-9-20(13-19)28-4/h7-14H,15H2,1-6H3. The molecular weight excluding hydrogens is 396 g/mol. The molecule has 0 aliphatic rings. The maximum Gasteiger partial charge on any atom is 0.161 e. The van der Waals surface area contributed by atoms with E-state index in [0.717, 1.165) is 22.7 Å². The summed E-state index contributed by atoms with van der Waals surface area (Å²) >= 11 is 0. The van der Waals surface area contributed by atoms with E-state index in [9.17, 15) is 4.79 Å². The first-order valence-corrected chi connectivity index (χ1v) is 9.89. The fourth-order valence-electron chi connectivity index (χ4n) is 2.96. The van der Waals surface area contributed by atoms with Crippen LogP contribution in [0.3, 0.4) is 0 Å². The van der Waals surface area contributed by atoms with Gasteiger partial charge in [-0.3, -0.25) is 4.79 Å². The summed E-state index contributed by atoms with van der Waals surface area (Å²) in [5.41, 5.74) is 2.31. The molecule has 0 atom stereocenters. The maximum absolute atomic E-state index is 11.8. The van der Waals surface area contributed by atoms with Crippen LogP contribution in [0.1, 0.15) is 26.5 Å². The van der Waals surface area contributed by atoms with Crippen molar-refractivity contribution in [1.82, 2.24) is 9.78 Å². The van der Waals surface area contributed by atoms with Crippen LogP contribution < -0.4 is 14.2 Å². The molecule has 0 saturated heterocycles. The van der Waals surface area contributed by atoms with Gasteiger partial charge in [0.25, 0.3) is 0 Å². The molecule has 1 heterocycles. The van der Waals surface area contributed by atoms with Gasteiger partial charge in [0.15, 0.2) is 5.78 Å². The van der Waals surface area contributed by atoms with Crippen molar-refractivity contribution in [3.63, 3.8) is 0 Å². The number of rotatable bonds is 9. The number of nitrogens with zero attached hydrogens (tertiary/aromatic N) is 2. The highest BCUT2D eigenvalue weighted by atomic mass is 16.5. The number of aromatic nitrogens is 2. The lowest BCUT2D eigenvalue weighted by Gasteiger charge is -2.21. The van der Waals surface area contributed by atoms with Gasteiger partial charge in [0.05, 0.1) is 45.0 Å². The Labute approximate surface area is 182 Å². The Morgan fingerprint density at radius 2 is 1.58 bits per heavy atom. The van der Waals surface area contributed by atoms with Crippen molar-refractivity contribution in [2.75, 3.05) is 21.3 Å². The minimum Gasteiger partial charge on any atom is -0.497 e. The summed E-state index contributed by atoms with van der Waals surface area (Å²) in [5.74, 6) is 2.02. The van der Waals surface area contributed by atoms with Gasteiger partial charge in [-0.15, -0.1) is 0 Å². The van der Waals surface area contributed by atoms with Gasteiger partial charge in [0.1, 0.15) is 22.8 Å². The van der Waals surface area contributed by atoms with Crippen LogP contribution in [0.25, 0.3) is 16.9 Å². The monoisotopic (exact) mass is 424 g/mol. The Bertz CT molecular complexity index is 1050. The van der Waals surface area contributed by atoms with E-state index in [1.807, 2.05) is 53.2 Å². The second kappa shape index (κ2) is 9.22. The van der Waals surface area contributed by atoms with Gasteiger partial charge < -0.3 is 18.9 Å². The number of hydrogen-bond acceptors (Lipinski definition) is 6. The number of carbonyl (C=O) groups is 1. The average Bonchev–Trinajstić information content (AvgIpc) is 3.21. The number of ether oxygens (including phenoxy) is 4. The zero-order valence-electron chi connectivity index (χ0n) is 18.8. The van der Waals surface area contributed by atoms with Gasteiger partial charge in [-0.25, -0.2) is 4.68 Å². The fraction of sp³-hybridized carbons (Fsp3) is 0.333. The number of ketones is 1. The SMILES string of the molecule is COc1cc(OC)cc(-c2cc(COC(C)(C)C(C)=O)nn2-c2cccc(OC)c2)c1. The van der Waals surface area contributed by atoms with Crippen LogP contribution in [0.15, 0.2) is 48.5 Å². The molecule has 0 N–H and O–H groups in total. The van der Waals surface area contributed by atoms with E-state index in [1.54, 1.807) is 35.2 Å². The first-order valence-electron chi connectivity index (χ1n) is 9.89. The molecule has 3 aromatic rings. The van der Waals surface area contributed by atoms with Crippen molar-refractivity contribution in [1.29, 1.82) is 0 Å². The molecule has 7 heteroatoms. The molecular formula is C24H28N2O5. The lowest BCUT2D eigenvalue weighted by Crippen LogP contribution is -2.32. The van der Waals surface area contributed by atoms with Crippen molar-refractivity contribution in [2.45, 2.75) is 33.0 Å². The summed E-state index contributed by atoms with van der Waals surface area (Å²) < 4.78 is 23.9. The zero-order chi connectivity index (χ0) is 22.6. The van der Waals surface area contributed by atoms with Gasteiger partial charge in [-0.2, -0.15) is 5.10 Å². The van der Waals surface area contributed by atoms with E-state index in [4.69, 9.17) is 24.0 Å². The second-order valence-corrected chi connectivity index (χ2v) is 7.59. The summed E-state index contributed by atoms with van der Waals surface area (Å²) in [5, 5.41) is 4.75. The number of methoxy groups -OCH3 is 3. The average molecular weight is 424 g/mol. The Balaban J connectivity index is 2.10. The van der Waals surface area contributed by atoms with Crippen molar-refractivity contribution < 1.29 is 23.7 Å². The zero-order valence-corrected chi connectivity index (χ0v) is 18.8. The normalized spacial score (nSPS) is 11.3. The van der Waals surface area contributed by atoms with Crippen LogP contribution in [-0.2, 0) is 16.1 Å². The number of Topliss-reactive ketones (excluding diaryl/α,β-unsaturated/α-hetero) is 1. The molecule has 0 aliphatic heterocycles. The Morgan fingerprint density at radius 1 is 0.935 bits per heavy atom. The topological polar surface area (TPSA) is 71.8 Å². The highest BCUT2D eigenvalue weighted by Gasteiger charge is 2.25. The maximum atomic E-state index is 11.8. The van der Waals surface area contributed by atoms with Crippen LogP contribution in [-0.4, -0.2) is 42.5 Å². The summed E-state index contributed by atoms with van der Waals surface area (Å²) in [6, 6.07) is 15.2. The largest absolute Gasteiger partial charge is 0.497 e. The minimum absolute atomic E-state index is 0.0440. The van der Waals surface area contributed by atoms with Crippen molar-refractivity contribution in [2.24, 2.45) is 0 Å². The molecule has 3 rings (SSSR count). The molecule has 31 heavy (non-hydrogen) atoms. The van der Waals surface area contributed by atoms with Crippen LogP contribution in [0.4, 0.5) is 0 Å². The predicted molar refractivity (Wildman–Crippen MR) is 118 cm³/mol. The summed E-state index contributed by atoms with van der Waals surface area (Å²) in [7, 11) is 4.85. The molecule has 0 bridgehead atoms. The van der Waals surface area contributed by atoms with Gasteiger partial charge in [-0.1, -0.05) is 6.07 Å². The lowest BCUT2D eigenvalue weighted by molar-refractivity contribution is -0.139. The Morgan fingerprint density at radius 3 is 2.16 bits per heavy atom. The van der Waals surface area contributed by atoms with E-state index < -0.39 is 5.60 Å². The first kappa shape index (κ1) is 22.4. The van der Waals surface area contributed by atoms with Crippen molar-refractivity contribution in [3.05, 3.63) is 54.2 Å². The molecule has 0 radical (unpaired) electrons. The van der Waals surface area contributed by atoms with E-state index >= 15 is 0 Å². The Hall–Kier alpha value is -3.32. The third-order valence-electron chi connectivity index (χ3n) is 5.13. The van der Waals surface area contributed by atoms with Crippen LogP contribution >= 0.6 is 0 Å². The summed E-state index contributed by atoms with van der Waals surface area (Å²) in [6.45, 7) is 5.21. The van der Waals surface area contributed by atoms with Crippen molar-refractivity contribution in [3.8, 4) is 34.2 Å². The smallest absolute Gasteiger partial charge is 0.161 e. The molecule has 1 aromatic heterocycles. The van der Waals surface area contributed by atoms with Gasteiger partial charge in [0.2, 0.25) is 0 Å². The van der Waals surface area contributed by atoms with E-state index in [0.29, 0.717) is 17.2 Å². The van der Waals surface area contributed by atoms with Crippen LogP contribution in [0.2, 0.25) is 0 Å². The van der Waals surface area contributed by atoms with Crippen LogP contribution in [0, 0.1) is 0 Å².